The van der Waals surface area contributed by atoms with Crippen molar-refractivity contribution in [3.8, 4) is 12.3 Å². The number of nitrogens with zero attached hydrogens (tertiary/aromatic N) is 1. The number of benzene rings is 1. The molecule has 1 atom stereocenters. The molecule has 2 rings (SSSR count). The number of terminal acetylenes is 1. The molecule has 2 amide bonds. The molecule has 0 bridgehead atoms. The summed E-state index contributed by atoms with van der Waals surface area (Å²) in [5, 5.41) is 2.61. The predicted molar refractivity (Wildman–Crippen MR) is 78.2 cm³/mol. The van der Waals surface area contributed by atoms with Crippen molar-refractivity contribution in [2.75, 3.05) is 13.1 Å². The van der Waals surface area contributed by atoms with Crippen LogP contribution in [0.2, 0.25) is 0 Å². The van der Waals surface area contributed by atoms with Crippen LogP contribution in [0.1, 0.15) is 18.4 Å². The van der Waals surface area contributed by atoms with Crippen LogP contribution in [0.25, 0.3) is 0 Å². The summed E-state index contributed by atoms with van der Waals surface area (Å²) in [7, 11) is 0. The van der Waals surface area contributed by atoms with E-state index in [0.29, 0.717) is 13.0 Å². The lowest BCUT2D eigenvalue weighted by atomic mass is 10.2. The Balaban J connectivity index is 1.89. The maximum atomic E-state index is 12.1. The minimum atomic E-state index is -0.485. The minimum absolute atomic E-state index is 0.169. The first-order chi connectivity index (χ1) is 10.2. The topological polar surface area (TPSA) is 58.6 Å². The maximum absolute atomic E-state index is 12.1. The summed E-state index contributed by atoms with van der Waals surface area (Å²) >= 11 is 0. The van der Waals surface area contributed by atoms with Gasteiger partial charge in [0.15, 0.2) is 0 Å². The molecule has 1 N–H and O–H groups in total. The number of hydrogen-bond donors (Lipinski definition) is 1. The largest absolute Gasteiger partial charge is 0.445 e. The fourth-order valence-electron chi connectivity index (χ4n) is 2.32. The van der Waals surface area contributed by atoms with Gasteiger partial charge in [-0.3, -0.25) is 9.69 Å². The van der Waals surface area contributed by atoms with Gasteiger partial charge >= 0.3 is 6.09 Å². The van der Waals surface area contributed by atoms with E-state index in [4.69, 9.17) is 11.2 Å². The van der Waals surface area contributed by atoms with E-state index >= 15 is 0 Å². The van der Waals surface area contributed by atoms with Gasteiger partial charge in [0.25, 0.3) is 0 Å². The maximum Gasteiger partial charge on any atom is 0.410 e. The number of carbonyl (C=O) groups excluding carboxylic acids is 2. The average Bonchev–Trinajstić information content (AvgIpc) is 3.01. The Hall–Kier alpha value is -2.48. The third-order valence-corrected chi connectivity index (χ3v) is 3.36. The van der Waals surface area contributed by atoms with Gasteiger partial charge in [-0.15, -0.1) is 6.42 Å². The Kier molecular flexibility index (Phi) is 5.22. The molecule has 0 aliphatic carbocycles. The highest BCUT2D eigenvalue weighted by atomic mass is 16.6. The Morgan fingerprint density at radius 3 is 2.86 bits per heavy atom. The van der Waals surface area contributed by atoms with Crippen molar-refractivity contribution in [3.05, 3.63) is 35.9 Å². The van der Waals surface area contributed by atoms with Crippen LogP contribution in [0, 0.1) is 12.3 Å². The van der Waals surface area contributed by atoms with Crippen LogP contribution in [0.3, 0.4) is 0 Å². The summed E-state index contributed by atoms with van der Waals surface area (Å²) in [6, 6.07) is 8.95. The Bertz CT molecular complexity index is 536. The standard InChI is InChI=1S/C16H18N2O3/c1-2-10-17-15(19)14-9-6-11-18(14)16(20)21-12-13-7-4-3-5-8-13/h1,3-5,7-8,14H,6,9-12H2,(H,17,19)/t14-/m0/s1. The molecule has 21 heavy (non-hydrogen) atoms. The molecule has 0 saturated carbocycles. The van der Waals surface area contributed by atoms with Crippen LogP contribution in [-0.2, 0) is 16.1 Å². The van der Waals surface area contributed by atoms with E-state index in [2.05, 4.69) is 11.2 Å². The number of amides is 2. The monoisotopic (exact) mass is 286 g/mol. The van der Waals surface area contributed by atoms with Crippen molar-refractivity contribution in [2.45, 2.75) is 25.5 Å². The third kappa shape index (κ3) is 3.99. The van der Waals surface area contributed by atoms with Gasteiger partial charge in [-0.25, -0.2) is 4.79 Å². The van der Waals surface area contributed by atoms with Gasteiger partial charge < -0.3 is 10.1 Å². The van der Waals surface area contributed by atoms with Gasteiger partial charge in [0, 0.05) is 6.54 Å². The Labute approximate surface area is 124 Å². The second-order valence-corrected chi connectivity index (χ2v) is 4.81. The van der Waals surface area contributed by atoms with Crippen LogP contribution in [0.4, 0.5) is 4.79 Å². The zero-order valence-electron chi connectivity index (χ0n) is 11.7. The number of ether oxygens (including phenoxy) is 1. The Morgan fingerprint density at radius 2 is 2.14 bits per heavy atom. The highest BCUT2D eigenvalue weighted by Crippen LogP contribution is 2.19. The normalized spacial score (nSPS) is 17.1. The number of likely N-dealkylation sites (tertiary alicyclic amines) is 1. The van der Waals surface area contributed by atoms with Crippen molar-refractivity contribution in [1.82, 2.24) is 10.2 Å². The molecule has 1 aromatic carbocycles. The molecular formula is C16H18N2O3. The van der Waals surface area contributed by atoms with E-state index in [-0.39, 0.29) is 19.1 Å². The average molecular weight is 286 g/mol. The lowest BCUT2D eigenvalue weighted by Crippen LogP contribution is -2.46. The molecule has 1 fully saturated rings. The predicted octanol–water partition coefficient (Wildman–Crippen LogP) is 1.54. The van der Waals surface area contributed by atoms with Gasteiger partial charge in [0.2, 0.25) is 5.91 Å². The third-order valence-electron chi connectivity index (χ3n) is 3.36. The van der Waals surface area contributed by atoms with Gasteiger partial charge in [-0.05, 0) is 18.4 Å². The summed E-state index contributed by atoms with van der Waals surface area (Å²) in [6.07, 6.45) is 6.07. The van der Waals surface area contributed by atoms with Crippen LogP contribution < -0.4 is 5.32 Å². The molecule has 5 nitrogen and oxygen atoms in total. The molecular weight excluding hydrogens is 268 g/mol. The van der Waals surface area contributed by atoms with Gasteiger partial charge in [-0.2, -0.15) is 0 Å². The molecule has 0 unspecified atom stereocenters. The second-order valence-electron chi connectivity index (χ2n) is 4.81. The first-order valence-corrected chi connectivity index (χ1v) is 6.91. The molecule has 1 aromatic rings. The minimum Gasteiger partial charge on any atom is -0.445 e. The molecule has 1 heterocycles. The SMILES string of the molecule is C#CCNC(=O)[C@@H]1CCCN1C(=O)OCc1ccccc1. The molecule has 1 saturated heterocycles. The zero-order chi connectivity index (χ0) is 15.1. The van der Waals surface area contributed by atoms with Crippen molar-refractivity contribution < 1.29 is 14.3 Å². The van der Waals surface area contributed by atoms with E-state index < -0.39 is 12.1 Å². The van der Waals surface area contributed by atoms with E-state index in [1.807, 2.05) is 30.3 Å². The molecule has 0 radical (unpaired) electrons. The summed E-state index contributed by atoms with van der Waals surface area (Å²) in [5.74, 6) is 2.13. The summed E-state index contributed by atoms with van der Waals surface area (Å²) in [6.45, 7) is 0.902. The van der Waals surface area contributed by atoms with Gasteiger partial charge in [0.05, 0.1) is 6.54 Å². The number of hydrogen-bond acceptors (Lipinski definition) is 3. The molecule has 0 spiro atoms. The van der Waals surface area contributed by atoms with E-state index in [0.717, 1.165) is 12.0 Å². The van der Waals surface area contributed by atoms with E-state index in [1.165, 1.54) is 4.90 Å². The van der Waals surface area contributed by atoms with Crippen LogP contribution in [0.5, 0.6) is 0 Å². The molecule has 1 aliphatic rings. The molecule has 5 heteroatoms. The number of carbonyl (C=O) groups is 2. The summed E-state index contributed by atoms with van der Waals surface area (Å²) < 4.78 is 5.26. The van der Waals surface area contributed by atoms with Crippen LogP contribution >= 0.6 is 0 Å². The quantitative estimate of drug-likeness (QED) is 0.854. The van der Waals surface area contributed by atoms with Crippen molar-refractivity contribution in [2.24, 2.45) is 0 Å². The van der Waals surface area contributed by atoms with Crippen LogP contribution in [-0.4, -0.2) is 36.0 Å². The van der Waals surface area contributed by atoms with Gasteiger partial charge in [-0.1, -0.05) is 36.3 Å². The number of nitrogens with one attached hydrogen (secondary N) is 1. The summed E-state index contributed by atoms with van der Waals surface area (Å²) in [4.78, 5) is 25.5. The van der Waals surface area contributed by atoms with Crippen molar-refractivity contribution in [3.63, 3.8) is 0 Å². The highest BCUT2D eigenvalue weighted by molar-refractivity contribution is 5.86. The highest BCUT2D eigenvalue weighted by Gasteiger charge is 2.34. The first-order valence-electron chi connectivity index (χ1n) is 6.91. The van der Waals surface area contributed by atoms with Gasteiger partial charge in [0.1, 0.15) is 12.6 Å². The molecule has 0 aromatic heterocycles. The van der Waals surface area contributed by atoms with Crippen LogP contribution in [0.15, 0.2) is 30.3 Å². The van der Waals surface area contributed by atoms with E-state index in [9.17, 15) is 9.59 Å². The zero-order valence-corrected chi connectivity index (χ0v) is 11.7. The Morgan fingerprint density at radius 1 is 1.38 bits per heavy atom. The summed E-state index contributed by atoms with van der Waals surface area (Å²) in [5.41, 5.74) is 0.915. The van der Waals surface area contributed by atoms with Crippen molar-refractivity contribution >= 4 is 12.0 Å². The van der Waals surface area contributed by atoms with Crippen molar-refractivity contribution in [1.29, 1.82) is 0 Å². The number of rotatable bonds is 4. The smallest absolute Gasteiger partial charge is 0.410 e. The molecule has 110 valence electrons. The fourth-order valence-corrected chi connectivity index (χ4v) is 2.32. The molecule has 1 aliphatic heterocycles. The van der Waals surface area contributed by atoms with E-state index in [1.54, 1.807) is 0 Å². The first kappa shape index (κ1) is 14.9. The fraction of sp³-hybridized carbons (Fsp3) is 0.375. The second kappa shape index (κ2) is 7.34. The lowest BCUT2D eigenvalue weighted by molar-refractivity contribution is -0.124. The lowest BCUT2D eigenvalue weighted by Gasteiger charge is -2.23.